The Labute approximate surface area is 194 Å². The molecule has 0 saturated carbocycles. The maximum Gasteiger partial charge on any atom is 0.233 e. The number of aromatic amines is 2. The third kappa shape index (κ3) is 4.34. The zero-order valence-corrected chi connectivity index (χ0v) is 20.4. The Hall–Kier alpha value is -2.93. The molecule has 0 spiro atoms. The number of H-pyrrole nitrogens is 2. The summed E-state index contributed by atoms with van der Waals surface area (Å²) in [4.78, 5) is 29.6. The number of fused-ring (bicyclic) bond motifs is 2. The molecule has 0 fully saturated rings. The number of carbonyl (C=O) groups is 2. The predicted molar refractivity (Wildman–Crippen MR) is 130 cm³/mol. The maximum absolute atomic E-state index is 13.2. The van der Waals surface area contributed by atoms with E-state index >= 15 is 0 Å². The highest BCUT2D eigenvalue weighted by Crippen LogP contribution is 2.38. The van der Waals surface area contributed by atoms with E-state index in [1.165, 1.54) is 11.3 Å². The van der Waals surface area contributed by atoms with Gasteiger partial charge in [0.1, 0.15) is 12.0 Å². The van der Waals surface area contributed by atoms with E-state index in [0.29, 0.717) is 5.41 Å². The van der Waals surface area contributed by atoms with E-state index in [9.17, 15) is 9.59 Å². The van der Waals surface area contributed by atoms with E-state index in [1.54, 1.807) is 19.1 Å². The number of aldehydes is 1. The lowest BCUT2D eigenvalue weighted by molar-refractivity contribution is -0.134. The van der Waals surface area contributed by atoms with Crippen molar-refractivity contribution >= 4 is 28.8 Å². The lowest BCUT2D eigenvalue weighted by atomic mass is 9.76. The number of nitrogens with one attached hydrogen (secondary N) is 2. The fourth-order valence-corrected chi connectivity index (χ4v) is 4.80. The van der Waals surface area contributed by atoms with Crippen molar-refractivity contribution in [2.24, 2.45) is 11.3 Å². The van der Waals surface area contributed by atoms with E-state index in [4.69, 9.17) is 4.74 Å². The van der Waals surface area contributed by atoms with Gasteiger partial charge in [0.15, 0.2) is 0 Å². The molecule has 0 radical (unpaired) electrons. The number of hydrogen-bond acceptors (Lipinski definition) is 4. The van der Waals surface area contributed by atoms with Gasteiger partial charge in [-0.2, -0.15) is 5.10 Å². The van der Waals surface area contributed by atoms with Crippen LogP contribution in [0.25, 0.3) is 22.3 Å². The van der Waals surface area contributed by atoms with Gasteiger partial charge in [-0.3, -0.25) is 9.89 Å². The molecule has 7 nitrogen and oxygen atoms in total. The molecule has 0 saturated heterocycles. The molecule has 1 unspecified atom stereocenters. The number of nitrogens with zero attached hydrogens (tertiary/aromatic N) is 2. The van der Waals surface area contributed by atoms with Gasteiger partial charge in [0.25, 0.3) is 0 Å². The third-order valence-electron chi connectivity index (χ3n) is 7.23. The Morgan fingerprint density at radius 3 is 2.79 bits per heavy atom. The molecule has 1 amide bonds. The first-order valence-electron chi connectivity index (χ1n) is 11.5. The molecule has 1 aliphatic carbocycles. The van der Waals surface area contributed by atoms with Gasteiger partial charge >= 0.3 is 0 Å². The highest BCUT2D eigenvalue weighted by Gasteiger charge is 2.37. The fourth-order valence-electron chi connectivity index (χ4n) is 4.80. The fraction of sp³-hybridized carbons (Fsp3) is 0.500. The number of hydrogen-bond donors (Lipinski definition) is 2. The number of amides is 1. The standard InChI is InChI=1S/C26H34N4O3/c1-25(2)11-9-18-22(15-25)28-29-23(18)21-13-16-7-8-17(14-20(16)27-21)30(5)24(32)19(10-12-31)26(3,4)33-6/h7-8,12-14,19,27H,9-11,15H2,1-6H3,(H,28,29). The molecule has 4 rings (SSSR count). The van der Waals surface area contributed by atoms with Crippen LogP contribution in [0.15, 0.2) is 24.3 Å². The minimum atomic E-state index is -0.746. The number of carbonyl (C=O) groups excluding carboxylic acids is 2. The van der Waals surface area contributed by atoms with Crippen LogP contribution in [0.2, 0.25) is 0 Å². The van der Waals surface area contributed by atoms with Crippen LogP contribution in [0.1, 0.15) is 51.8 Å². The van der Waals surface area contributed by atoms with Crippen LogP contribution in [-0.2, 0) is 27.2 Å². The molecule has 3 aromatic rings. The van der Waals surface area contributed by atoms with Crippen LogP contribution in [-0.4, -0.2) is 47.1 Å². The summed E-state index contributed by atoms with van der Waals surface area (Å²) in [6.07, 6.45) is 4.05. The molecule has 1 aliphatic rings. The maximum atomic E-state index is 13.2. The third-order valence-corrected chi connectivity index (χ3v) is 7.23. The first kappa shape index (κ1) is 23.2. The SMILES string of the molecule is COC(C)(C)C(CC=O)C(=O)N(C)c1ccc2cc(-c3n[nH]c4c3CCC(C)(C)C4)[nH]c2c1. The quantitative estimate of drug-likeness (QED) is 0.512. The van der Waals surface area contributed by atoms with Gasteiger partial charge in [-0.15, -0.1) is 0 Å². The molecule has 176 valence electrons. The van der Waals surface area contributed by atoms with E-state index in [1.807, 2.05) is 32.0 Å². The first-order chi connectivity index (χ1) is 15.6. The molecule has 1 aromatic carbocycles. The smallest absolute Gasteiger partial charge is 0.233 e. The highest BCUT2D eigenvalue weighted by molar-refractivity contribution is 5.98. The second-order valence-corrected chi connectivity index (χ2v) is 10.5. The zero-order chi connectivity index (χ0) is 24.0. The molecular formula is C26H34N4O3. The van der Waals surface area contributed by atoms with Gasteiger partial charge < -0.3 is 19.4 Å². The summed E-state index contributed by atoms with van der Waals surface area (Å²) in [5.41, 5.74) is 5.73. The summed E-state index contributed by atoms with van der Waals surface area (Å²) in [5.74, 6) is -0.719. The van der Waals surface area contributed by atoms with Crippen molar-refractivity contribution in [2.75, 3.05) is 19.1 Å². The van der Waals surface area contributed by atoms with Crippen molar-refractivity contribution in [3.8, 4) is 11.4 Å². The Morgan fingerprint density at radius 2 is 2.09 bits per heavy atom. The van der Waals surface area contributed by atoms with Crippen LogP contribution in [0.4, 0.5) is 5.69 Å². The van der Waals surface area contributed by atoms with Gasteiger partial charge in [0.2, 0.25) is 5.91 Å². The average molecular weight is 451 g/mol. The Bertz CT molecular complexity index is 1190. The van der Waals surface area contributed by atoms with Gasteiger partial charge in [0.05, 0.1) is 17.2 Å². The minimum Gasteiger partial charge on any atom is -0.378 e. The number of anilines is 1. The summed E-state index contributed by atoms with van der Waals surface area (Å²) >= 11 is 0. The molecule has 2 N–H and O–H groups in total. The van der Waals surface area contributed by atoms with Gasteiger partial charge in [-0.25, -0.2) is 0 Å². The summed E-state index contributed by atoms with van der Waals surface area (Å²) in [7, 11) is 3.30. The Kier molecular flexibility index (Phi) is 5.95. The summed E-state index contributed by atoms with van der Waals surface area (Å²) in [6.45, 7) is 8.26. The summed E-state index contributed by atoms with van der Waals surface area (Å²) < 4.78 is 5.51. The summed E-state index contributed by atoms with van der Waals surface area (Å²) in [6, 6.07) is 8.02. The van der Waals surface area contributed by atoms with Crippen LogP contribution in [0.5, 0.6) is 0 Å². The van der Waals surface area contributed by atoms with E-state index in [2.05, 4.69) is 35.1 Å². The molecule has 7 heteroatoms. The highest BCUT2D eigenvalue weighted by atomic mass is 16.5. The molecular weight excluding hydrogens is 416 g/mol. The lowest BCUT2D eigenvalue weighted by Crippen LogP contribution is -2.45. The topological polar surface area (TPSA) is 91.1 Å². The number of aromatic nitrogens is 3. The molecule has 33 heavy (non-hydrogen) atoms. The van der Waals surface area contributed by atoms with Gasteiger partial charge in [-0.1, -0.05) is 19.9 Å². The normalized spacial score (nSPS) is 16.4. The number of ether oxygens (including phenoxy) is 1. The van der Waals surface area contributed by atoms with Crippen molar-refractivity contribution in [1.82, 2.24) is 15.2 Å². The second-order valence-electron chi connectivity index (χ2n) is 10.5. The largest absolute Gasteiger partial charge is 0.378 e. The number of methoxy groups -OCH3 is 1. The minimum absolute atomic E-state index is 0.111. The number of benzene rings is 1. The Morgan fingerprint density at radius 1 is 1.33 bits per heavy atom. The summed E-state index contributed by atoms with van der Waals surface area (Å²) in [5, 5.41) is 8.94. The van der Waals surface area contributed by atoms with Crippen molar-refractivity contribution in [3.63, 3.8) is 0 Å². The van der Waals surface area contributed by atoms with Crippen molar-refractivity contribution < 1.29 is 14.3 Å². The van der Waals surface area contributed by atoms with Crippen molar-refractivity contribution in [3.05, 3.63) is 35.5 Å². The van der Waals surface area contributed by atoms with Crippen LogP contribution in [0, 0.1) is 11.3 Å². The van der Waals surface area contributed by atoms with E-state index in [-0.39, 0.29) is 12.3 Å². The van der Waals surface area contributed by atoms with Crippen LogP contribution >= 0.6 is 0 Å². The molecule has 1 atom stereocenters. The zero-order valence-electron chi connectivity index (χ0n) is 20.4. The second kappa shape index (κ2) is 8.45. The van der Waals surface area contributed by atoms with Crippen LogP contribution < -0.4 is 4.90 Å². The Balaban J connectivity index is 1.63. The molecule has 2 heterocycles. The molecule has 0 bridgehead atoms. The van der Waals surface area contributed by atoms with Gasteiger partial charge in [0, 0.05) is 48.4 Å². The van der Waals surface area contributed by atoms with Gasteiger partial charge in [-0.05, 0) is 56.7 Å². The monoisotopic (exact) mass is 450 g/mol. The van der Waals surface area contributed by atoms with E-state index < -0.39 is 11.5 Å². The predicted octanol–water partition coefficient (Wildman–Crippen LogP) is 4.67. The van der Waals surface area contributed by atoms with Crippen molar-refractivity contribution in [2.45, 2.75) is 59.0 Å². The van der Waals surface area contributed by atoms with E-state index in [0.717, 1.165) is 53.5 Å². The van der Waals surface area contributed by atoms with Crippen molar-refractivity contribution in [1.29, 1.82) is 0 Å². The number of rotatable bonds is 7. The van der Waals surface area contributed by atoms with Crippen LogP contribution in [0.3, 0.4) is 0 Å². The first-order valence-corrected chi connectivity index (χ1v) is 11.5. The lowest BCUT2D eigenvalue weighted by Gasteiger charge is -2.33. The average Bonchev–Trinajstić information content (AvgIpc) is 3.38. The molecule has 0 aliphatic heterocycles. The molecule has 2 aromatic heterocycles.